The van der Waals surface area contributed by atoms with Crippen molar-refractivity contribution in [3.8, 4) is 0 Å². The molecule has 3 rings (SSSR count). The molecule has 0 spiro atoms. The molecule has 1 aromatic heterocycles. The van der Waals surface area contributed by atoms with Crippen LogP contribution in [0.25, 0.3) is 10.1 Å². The first kappa shape index (κ1) is 11.2. The van der Waals surface area contributed by atoms with Crippen LogP contribution in [0.5, 0.6) is 0 Å². The van der Waals surface area contributed by atoms with Crippen LogP contribution in [0.3, 0.4) is 0 Å². The summed E-state index contributed by atoms with van der Waals surface area (Å²) in [6.07, 6.45) is 0.884. The molecule has 0 amide bonds. The summed E-state index contributed by atoms with van der Waals surface area (Å²) in [5.74, 6) is 0. The zero-order valence-corrected chi connectivity index (χ0v) is 10.8. The van der Waals surface area contributed by atoms with E-state index >= 15 is 0 Å². The molecule has 0 bridgehead atoms. The van der Waals surface area contributed by atoms with Gasteiger partial charge < -0.3 is 5.11 Å². The van der Waals surface area contributed by atoms with Crippen molar-refractivity contribution in [2.24, 2.45) is 0 Å². The highest BCUT2D eigenvalue weighted by molar-refractivity contribution is 7.17. The van der Waals surface area contributed by atoms with E-state index in [1.165, 1.54) is 15.6 Å². The first-order valence-corrected chi connectivity index (χ1v) is 6.92. The number of thiophene rings is 1. The van der Waals surface area contributed by atoms with E-state index in [0.717, 1.165) is 26.1 Å². The number of fused-ring (bicyclic) bond motifs is 1. The highest BCUT2D eigenvalue weighted by atomic mass is 32.1. The normalized spacial score (nSPS) is 25.8. The average Bonchev–Trinajstić information content (AvgIpc) is 2.84. The molecule has 17 heavy (non-hydrogen) atoms. The van der Waals surface area contributed by atoms with Gasteiger partial charge in [-0.1, -0.05) is 18.2 Å². The van der Waals surface area contributed by atoms with E-state index in [2.05, 4.69) is 34.5 Å². The molecule has 1 atom stereocenters. The molecule has 0 aliphatic carbocycles. The monoisotopic (exact) mass is 247 g/mol. The van der Waals surface area contributed by atoms with Gasteiger partial charge in [0.2, 0.25) is 0 Å². The highest BCUT2D eigenvalue weighted by Gasteiger charge is 2.31. The number of rotatable bonds is 2. The molecule has 1 fully saturated rings. The van der Waals surface area contributed by atoms with E-state index in [4.69, 9.17) is 0 Å². The Bertz CT molecular complexity index is 532. The van der Waals surface area contributed by atoms with Crippen LogP contribution in [-0.2, 0) is 6.54 Å². The minimum absolute atomic E-state index is 0.494. The van der Waals surface area contributed by atoms with Crippen molar-refractivity contribution in [3.63, 3.8) is 0 Å². The molecule has 1 N–H and O–H groups in total. The predicted octanol–water partition coefficient (Wildman–Crippen LogP) is 2.86. The second-order valence-corrected chi connectivity index (χ2v) is 6.13. The average molecular weight is 247 g/mol. The number of nitrogens with zero attached hydrogens (tertiary/aromatic N) is 1. The molecule has 3 heteroatoms. The fourth-order valence-corrected chi connectivity index (χ4v) is 3.52. The SMILES string of the molecule is CC1(O)CCN(Cc2csc3ccccc23)C1. The molecule has 1 unspecified atom stereocenters. The Kier molecular flexibility index (Phi) is 2.69. The lowest BCUT2D eigenvalue weighted by molar-refractivity contribution is 0.0679. The summed E-state index contributed by atoms with van der Waals surface area (Å²) in [4.78, 5) is 2.34. The maximum absolute atomic E-state index is 9.97. The molecule has 0 saturated carbocycles. The molecule has 2 nitrogen and oxygen atoms in total. The van der Waals surface area contributed by atoms with E-state index in [1.54, 1.807) is 0 Å². The Morgan fingerprint density at radius 3 is 3.00 bits per heavy atom. The summed E-state index contributed by atoms with van der Waals surface area (Å²) in [5.41, 5.74) is 0.898. The van der Waals surface area contributed by atoms with Gasteiger partial charge in [-0.05, 0) is 35.7 Å². The van der Waals surface area contributed by atoms with Crippen LogP contribution in [0.15, 0.2) is 29.6 Å². The summed E-state index contributed by atoms with van der Waals surface area (Å²) in [6.45, 7) is 4.67. The second kappa shape index (κ2) is 4.09. The molecule has 2 heterocycles. The van der Waals surface area contributed by atoms with Crippen LogP contribution in [-0.4, -0.2) is 28.7 Å². The number of hydrogen-bond donors (Lipinski definition) is 1. The zero-order chi connectivity index (χ0) is 11.9. The third kappa shape index (κ3) is 2.23. The van der Waals surface area contributed by atoms with Crippen molar-refractivity contribution in [1.29, 1.82) is 0 Å². The van der Waals surface area contributed by atoms with Crippen LogP contribution in [0.4, 0.5) is 0 Å². The minimum Gasteiger partial charge on any atom is -0.389 e. The summed E-state index contributed by atoms with van der Waals surface area (Å²) >= 11 is 1.81. The molecule has 1 aromatic carbocycles. The molecular weight excluding hydrogens is 230 g/mol. The van der Waals surface area contributed by atoms with Gasteiger partial charge in [-0.2, -0.15) is 0 Å². The zero-order valence-electron chi connectivity index (χ0n) is 10.0. The molecule has 0 radical (unpaired) electrons. The molecule has 2 aromatic rings. The van der Waals surface area contributed by atoms with E-state index in [-0.39, 0.29) is 0 Å². The summed E-state index contributed by atoms with van der Waals surface area (Å²) in [7, 11) is 0. The van der Waals surface area contributed by atoms with Crippen LogP contribution >= 0.6 is 11.3 Å². The Morgan fingerprint density at radius 1 is 1.41 bits per heavy atom. The van der Waals surface area contributed by atoms with Crippen molar-refractivity contribution < 1.29 is 5.11 Å². The van der Waals surface area contributed by atoms with Gasteiger partial charge in [0, 0.05) is 24.3 Å². The topological polar surface area (TPSA) is 23.5 Å². The van der Waals surface area contributed by atoms with Gasteiger partial charge in [0.25, 0.3) is 0 Å². The van der Waals surface area contributed by atoms with Crippen molar-refractivity contribution >= 4 is 21.4 Å². The van der Waals surface area contributed by atoms with E-state index in [1.807, 2.05) is 18.3 Å². The Balaban J connectivity index is 1.82. The fourth-order valence-electron chi connectivity index (χ4n) is 2.57. The lowest BCUT2D eigenvalue weighted by Crippen LogP contribution is -2.29. The van der Waals surface area contributed by atoms with Crippen LogP contribution in [0.2, 0.25) is 0 Å². The van der Waals surface area contributed by atoms with E-state index < -0.39 is 5.60 Å². The maximum atomic E-state index is 9.97. The third-order valence-corrected chi connectivity index (χ3v) is 4.50. The summed E-state index contributed by atoms with van der Waals surface area (Å²) in [5, 5.41) is 13.6. The number of hydrogen-bond acceptors (Lipinski definition) is 3. The molecule has 90 valence electrons. The van der Waals surface area contributed by atoms with Gasteiger partial charge in [-0.25, -0.2) is 0 Å². The lowest BCUT2D eigenvalue weighted by Gasteiger charge is -2.18. The third-order valence-electron chi connectivity index (χ3n) is 3.49. The first-order valence-electron chi connectivity index (χ1n) is 6.04. The number of β-amino-alcohol motifs (C(OH)–C–C–N with tert-alkyl or cyclic N) is 1. The molecule has 1 aliphatic heterocycles. The second-order valence-electron chi connectivity index (χ2n) is 5.21. The van der Waals surface area contributed by atoms with Crippen LogP contribution in [0, 0.1) is 0 Å². The largest absolute Gasteiger partial charge is 0.389 e. The van der Waals surface area contributed by atoms with Gasteiger partial charge in [0.1, 0.15) is 0 Å². The number of aliphatic hydroxyl groups is 1. The van der Waals surface area contributed by atoms with Crippen molar-refractivity contribution in [2.75, 3.05) is 13.1 Å². The van der Waals surface area contributed by atoms with Gasteiger partial charge in [-0.3, -0.25) is 4.90 Å². The van der Waals surface area contributed by atoms with Gasteiger partial charge in [0.15, 0.2) is 0 Å². The van der Waals surface area contributed by atoms with Gasteiger partial charge in [-0.15, -0.1) is 11.3 Å². The molecule has 1 saturated heterocycles. The summed E-state index contributed by atoms with van der Waals surface area (Å²) in [6, 6.07) is 8.54. The van der Waals surface area contributed by atoms with Gasteiger partial charge in [0.05, 0.1) is 5.60 Å². The molecule has 1 aliphatic rings. The highest BCUT2D eigenvalue weighted by Crippen LogP contribution is 2.29. The van der Waals surface area contributed by atoms with Crippen LogP contribution in [0.1, 0.15) is 18.9 Å². The predicted molar refractivity (Wildman–Crippen MR) is 72.3 cm³/mol. The maximum Gasteiger partial charge on any atom is 0.0758 e. The summed E-state index contributed by atoms with van der Waals surface area (Å²) < 4.78 is 1.36. The quantitative estimate of drug-likeness (QED) is 0.882. The van der Waals surface area contributed by atoms with Crippen molar-refractivity contribution in [3.05, 3.63) is 35.2 Å². The Labute approximate surface area is 105 Å². The standard InChI is InChI=1S/C14H17NOS/c1-14(16)6-7-15(10-14)8-11-9-17-13-5-3-2-4-12(11)13/h2-5,9,16H,6-8,10H2,1H3. The lowest BCUT2D eigenvalue weighted by atomic mass is 10.1. The Hall–Kier alpha value is -0.900. The Morgan fingerprint density at radius 2 is 2.24 bits per heavy atom. The minimum atomic E-state index is -0.494. The number of likely N-dealkylation sites (tertiary alicyclic amines) is 1. The van der Waals surface area contributed by atoms with Crippen molar-refractivity contribution in [1.82, 2.24) is 4.90 Å². The van der Waals surface area contributed by atoms with E-state index in [9.17, 15) is 5.11 Å². The van der Waals surface area contributed by atoms with Crippen LogP contribution < -0.4 is 0 Å². The van der Waals surface area contributed by atoms with Gasteiger partial charge >= 0.3 is 0 Å². The first-order chi connectivity index (χ1) is 8.14. The fraction of sp³-hybridized carbons (Fsp3) is 0.429. The molecular formula is C14H17NOS. The number of benzene rings is 1. The van der Waals surface area contributed by atoms with Crippen molar-refractivity contribution in [2.45, 2.75) is 25.5 Å². The van der Waals surface area contributed by atoms with E-state index in [0.29, 0.717) is 0 Å². The smallest absolute Gasteiger partial charge is 0.0758 e.